The van der Waals surface area contributed by atoms with Crippen molar-refractivity contribution in [1.29, 1.82) is 0 Å². The summed E-state index contributed by atoms with van der Waals surface area (Å²) in [5, 5.41) is 17.3. The van der Waals surface area contributed by atoms with E-state index in [0.29, 0.717) is 25.4 Å². The van der Waals surface area contributed by atoms with E-state index in [1.54, 1.807) is 6.92 Å². The number of nitrogens with one attached hydrogen (secondary N) is 4. The number of aromatic nitrogens is 2. The van der Waals surface area contributed by atoms with Gasteiger partial charge in [-0.3, -0.25) is 15.1 Å². The van der Waals surface area contributed by atoms with Crippen LogP contribution in [0.15, 0.2) is 10.9 Å². The SMILES string of the molecule is Cc1cc(=O)[nH]c(NC(=O)NCCCCCCNC(=O)OCCCCCCCCCCCSSCCCCCCCCCC(C)O)n1. The van der Waals surface area contributed by atoms with E-state index >= 15 is 0 Å². The predicted octanol–water partition coefficient (Wildman–Crippen LogP) is 8.88. The maximum Gasteiger partial charge on any atom is 0.407 e. The molecule has 1 rings (SSSR count). The number of aromatic amines is 1. The summed E-state index contributed by atoms with van der Waals surface area (Å²) in [6, 6.07) is 0.956. The van der Waals surface area contributed by atoms with Crippen molar-refractivity contribution in [3.63, 3.8) is 0 Å². The first-order valence-corrected chi connectivity index (χ1v) is 20.8. The molecule has 1 heterocycles. The highest BCUT2D eigenvalue weighted by Gasteiger charge is 2.05. The van der Waals surface area contributed by atoms with Crippen molar-refractivity contribution in [2.45, 2.75) is 155 Å². The topological polar surface area (TPSA) is 145 Å². The molecule has 0 fully saturated rings. The minimum Gasteiger partial charge on any atom is -0.450 e. The number of rotatable bonds is 31. The van der Waals surface area contributed by atoms with E-state index in [9.17, 15) is 19.5 Å². The van der Waals surface area contributed by atoms with Gasteiger partial charge in [-0.1, -0.05) is 118 Å². The molecule has 3 amide bonds. The Bertz CT molecular complexity index is 967. The third kappa shape index (κ3) is 29.9. The van der Waals surface area contributed by atoms with E-state index in [-0.39, 0.29) is 23.7 Å². The van der Waals surface area contributed by atoms with Crippen molar-refractivity contribution in [3.05, 3.63) is 22.1 Å². The van der Waals surface area contributed by atoms with Crippen LogP contribution in [-0.4, -0.2) is 64.5 Å². The van der Waals surface area contributed by atoms with Gasteiger partial charge in [0.1, 0.15) is 0 Å². The predicted molar refractivity (Wildman–Crippen MR) is 200 cm³/mol. The van der Waals surface area contributed by atoms with Gasteiger partial charge in [0.25, 0.3) is 5.56 Å². The lowest BCUT2D eigenvalue weighted by atomic mass is 10.1. The summed E-state index contributed by atoms with van der Waals surface area (Å²) in [6.07, 6.45) is 24.4. The number of carbonyl (C=O) groups is 2. The molecule has 10 nitrogen and oxygen atoms in total. The number of carbonyl (C=O) groups excluding carboxylic acids is 2. The fourth-order valence-electron chi connectivity index (χ4n) is 5.10. The molecule has 5 N–H and O–H groups in total. The van der Waals surface area contributed by atoms with Crippen molar-refractivity contribution in [2.24, 2.45) is 0 Å². The van der Waals surface area contributed by atoms with Crippen molar-refractivity contribution >= 4 is 39.7 Å². The minimum absolute atomic E-state index is 0.131. The summed E-state index contributed by atoms with van der Waals surface area (Å²) < 4.78 is 5.28. The van der Waals surface area contributed by atoms with E-state index in [1.165, 1.54) is 107 Å². The number of aryl methyl sites for hydroxylation is 1. The third-order valence-electron chi connectivity index (χ3n) is 7.80. The Hall–Kier alpha value is -1.92. The standard InChI is InChI=1S/C35H65N5O5S2/c1-30-29-32(42)39-33(38-30)40-34(43)36-24-18-12-13-19-25-37-35(44)45-26-20-14-8-4-3-5-9-15-21-27-46-47-28-22-16-10-6-7-11-17-23-31(2)41/h29,31,41H,3-28H2,1-2H3,(H,37,44)(H3,36,38,39,40,42,43). The van der Waals surface area contributed by atoms with Crippen molar-refractivity contribution < 1.29 is 19.4 Å². The Balaban J connectivity index is 1.73. The van der Waals surface area contributed by atoms with Gasteiger partial charge in [-0.05, 0) is 52.4 Å². The Labute approximate surface area is 292 Å². The van der Waals surface area contributed by atoms with Gasteiger partial charge in [0.15, 0.2) is 0 Å². The maximum absolute atomic E-state index is 11.9. The van der Waals surface area contributed by atoms with E-state index in [1.807, 2.05) is 6.92 Å². The molecule has 0 aliphatic carbocycles. The molecule has 0 saturated heterocycles. The highest BCUT2D eigenvalue weighted by molar-refractivity contribution is 8.76. The fraction of sp³-hybridized carbons (Fsp3) is 0.829. The monoisotopic (exact) mass is 699 g/mol. The summed E-state index contributed by atoms with van der Waals surface area (Å²) in [5.41, 5.74) is 0.228. The zero-order chi connectivity index (χ0) is 34.2. The maximum atomic E-state index is 11.9. The van der Waals surface area contributed by atoms with Crippen LogP contribution in [0.1, 0.15) is 147 Å². The van der Waals surface area contributed by atoms with Crippen molar-refractivity contribution in [2.75, 3.05) is 36.5 Å². The molecule has 1 aromatic rings. The summed E-state index contributed by atoms with van der Waals surface area (Å²) in [4.78, 5) is 41.7. The normalized spacial score (nSPS) is 11.7. The summed E-state index contributed by atoms with van der Waals surface area (Å²) in [6.45, 7) is 5.16. The van der Waals surface area contributed by atoms with Gasteiger partial charge in [0, 0.05) is 36.4 Å². The number of H-pyrrole nitrogens is 1. The molecule has 0 radical (unpaired) electrons. The number of aliphatic hydroxyl groups is 1. The average molecular weight is 700 g/mol. The van der Waals surface area contributed by atoms with Crippen LogP contribution in [0.4, 0.5) is 15.5 Å². The molecule has 1 aromatic heterocycles. The van der Waals surface area contributed by atoms with Crippen molar-refractivity contribution in [3.8, 4) is 0 Å². The first-order valence-electron chi connectivity index (χ1n) is 18.3. The molecular formula is C35H65N5O5S2. The second kappa shape index (κ2) is 31.4. The molecule has 0 spiro atoms. The van der Waals surface area contributed by atoms with Crippen LogP contribution in [0.3, 0.4) is 0 Å². The molecule has 12 heteroatoms. The van der Waals surface area contributed by atoms with E-state index in [2.05, 4.69) is 47.5 Å². The van der Waals surface area contributed by atoms with E-state index in [0.717, 1.165) is 44.9 Å². The quantitative estimate of drug-likeness (QED) is 0.0382. The first-order chi connectivity index (χ1) is 22.9. The lowest BCUT2D eigenvalue weighted by Crippen LogP contribution is -2.31. The van der Waals surface area contributed by atoms with Crippen LogP contribution in [0, 0.1) is 6.92 Å². The number of nitrogens with zero attached hydrogens (tertiary/aromatic N) is 1. The Morgan fingerprint density at radius 2 is 1.26 bits per heavy atom. The zero-order valence-corrected chi connectivity index (χ0v) is 31.0. The number of hydrogen-bond acceptors (Lipinski definition) is 8. The number of ether oxygens (including phenoxy) is 1. The lowest BCUT2D eigenvalue weighted by Gasteiger charge is -2.08. The van der Waals surface area contributed by atoms with Crippen LogP contribution in [0.25, 0.3) is 0 Å². The van der Waals surface area contributed by atoms with Gasteiger partial charge in [-0.2, -0.15) is 0 Å². The molecule has 47 heavy (non-hydrogen) atoms. The van der Waals surface area contributed by atoms with Crippen molar-refractivity contribution in [1.82, 2.24) is 20.6 Å². The van der Waals surface area contributed by atoms with E-state index in [4.69, 9.17) is 4.74 Å². The number of unbranched alkanes of at least 4 members (excludes halogenated alkanes) is 17. The fourth-order valence-corrected chi connectivity index (χ4v) is 7.40. The molecule has 0 aromatic carbocycles. The van der Waals surface area contributed by atoms with E-state index < -0.39 is 6.03 Å². The second-order valence-corrected chi connectivity index (χ2v) is 15.2. The molecule has 1 unspecified atom stereocenters. The van der Waals surface area contributed by atoms with Crippen LogP contribution in [0.2, 0.25) is 0 Å². The summed E-state index contributed by atoms with van der Waals surface area (Å²) in [7, 11) is 4.11. The minimum atomic E-state index is -0.404. The van der Waals surface area contributed by atoms with Gasteiger partial charge in [0.2, 0.25) is 5.95 Å². The number of hydrogen-bond donors (Lipinski definition) is 5. The lowest BCUT2D eigenvalue weighted by molar-refractivity contribution is 0.143. The summed E-state index contributed by atoms with van der Waals surface area (Å²) >= 11 is 0. The Morgan fingerprint density at radius 1 is 0.766 bits per heavy atom. The summed E-state index contributed by atoms with van der Waals surface area (Å²) in [5.74, 6) is 2.70. The van der Waals surface area contributed by atoms with Crippen LogP contribution < -0.4 is 21.5 Å². The smallest absolute Gasteiger partial charge is 0.407 e. The van der Waals surface area contributed by atoms with Crippen LogP contribution in [0.5, 0.6) is 0 Å². The third-order valence-corrected chi connectivity index (χ3v) is 10.4. The largest absolute Gasteiger partial charge is 0.450 e. The van der Waals surface area contributed by atoms with Crippen LogP contribution in [-0.2, 0) is 4.74 Å². The molecular weight excluding hydrogens is 635 g/mol. The Kier molecular flexibility index (Phi) is 28.8. The molecule has 272 valence electrons. The number of amides is 3. The first kappa shape index (κ1) is 43.1. The van der Waals surface area contributed by atoms with Gasteiger partial charge in [-0.25, -0.2) is 14.6 Å². The Morgan fingerprint density at radius 3 is 1.81 bits per heavy atom. The molecule has 0 bridgehead atoms. The number of anilines is 1. The van der Waals surface area contributed by atoms with Gasteiger partial charge in [-0.15, -0.1) is 0 Å². The number of alkyl carbamates (subject to hydrolysis) is 1. The van der Waals surface area contributed by atoms with Gasteiger partial charge < -0.3 is 20.5 Å². The second-order valence-electron chi connectivity index (χ2n) is 12.5. The molecule has 0 saturated carbocycles. The molecule has 0 aliphatic heterocycles. The highest BCUT2D eigenvalue weighted by Crippen LogP contribution is 2.25. The molecule has 0 aliphatic rings. The van der Waals surface area contributed by atoms with Gasteiger partial charge >= 0.3 is 12.1 Å². The zero-order valence-electron chi connectivity index (χ0n) is 29.4. The molecule has 1 atom stereocenters. The number of urea groups is 1. The van der Waals surface area contributed by atoms with Gasteiger partial charge in [0.05, 0.1) is 12.7 Å². The number of aliphatic hydroxyl groups excluding tert-OH is 1. The van der Waals surface area contributed by atoms with Crippen LogP contribution >= 0.6 is 21.6 Å². The average Bonchev–Trinajstić information content (AvgIpc) is 3.02. The highest BCUT2D eigenvalue weighted by atomic mass is 33.1.